The van der Waals surface area contributed by atoms with Crippen LogP contribution in [0.3, 0.4) is 0 Å². The lowest BCUT2D eigenvalue weighted by atomic mass is 10.1. The lowest BCUT2D eigenvalue weighted by Gasteiger charge is -2.27. The summed E-state index contributed by atoms with van der Waals surface area (Å²) in [6.45, 7) is 0.997. The summed E-state index contributed by atoms with van der Waals surface area (Å²) in [5, 5.41) is 8.80. The third-order valence-corrected chi connectivity index (χ3v) is 3.56. The molecule has 112 valence electrons. The van der Waals surface area contributed by atoms with Crippen molar-refractivity contribution in [2.24, 2.45) is 0 Å². The quantitative estimate of drug-likeness (QED) is 0.858. The molecule has 0 aliphatic carbocycles. The lowest BCUT2D eigenvalue weighted by molar-refractivity contribution is -0.145. The molecule has 1 atom stereocenters. The first-order valence-electron chi connectivity index (χ1n) is 7.26. The molecule has 4 heteroatoms. The van der Waals surface area contributed by atoms with Gasteiger partial charge in [0.05, 0.1) is 0 Å². The molecule has 0 radical (unpaired) electrons. The first-order chi connectivity index (χ1) is 10.2. The highest BCUT2D eigenvalue weighted by Crippen LogP contribution is 2.16. The van der Waals surface area contributed by atoms with Crippen LogP contribution in [0.1, 0.15) is 30.4 Å². The zero-order chi connectivity index (χ0) is 15.1. The van der Waals surface area contributed by atoms with E-state index in [0.29, 0.717) is 13.2 Å². The number of likely N-dealkylation sites (N-methyl/N-ethyl adjacent to an activating group) is 1. The molecule has 0 spiro atoms. The van der Waals surface area contributed by atoms with Gasteiger partial charge in [0, 0.05) is 25.8 Å². The molecule has 0 bridgehead atoms. The minimum absolute atomic E-state index is 0.0274. The highest BCUT2D eigenvalue weighted by atomic mass is 16.5. The second-order valence-electron chi connectivity index (χ2n) is 5.17. The molecule has 1 N–H and O–H groups in total. The van der Waals surface area contributed by atoms with Gasteiger partial charge >= 0.3 is 0 Å². The van der Waals surface area contributed by atoms with E-state index < -0.39 is 0 Å². The van der Waals surface area contributed by atoms with Crippen LogP contribution in [0.4, 0.5) is 0 Å². The van der Waals surface area contributed by atoms with Gasteiger partial charge in [-0.1, -0.05) is 30.0 Å². The van der Waals surface area contributed by atoms with Crippen LogP contribution < -0.4 is 0 Å². The van der Waals surface area contributed by atoms with Crippen LogP contribution in [0, 0.1) is 11.8 Å². The van der Waals surface area contributed by atoms with Gasteiger partial charge in [0.1, 0.15) is 12.7 Å². The fraction of sp³-hybridized carbons (Fsp3) is 0.471. The van der Waals surface area contributed by atoms with Crippen molar-refractivity contribution < 1.29 is 14.6 Å². The molecule has 21 heavy (non-hydrogen) atoms. The summed E-state index contributed by atoms with van der Waals surface area (Å²) in [7, 11) is 1.79. The smallest absolute Gasteiger partial charge is 0.251 e. The van der Waals surface area contributed by atoms with E-state index in [-0.39, 0.29) is 18.6 Å². The topological polar surface area (TPSA) is 49.8 Å². The van der Waals surface area contributed by atoms with Crippen molar-refractivity contribution in [2.75, 3.05) is 20.3 Å². The van der Waals surface area contributed by atoms with Crippen molar-refractivity contribution >= 4 is 5.91 Å². The molecule has 1 aromatic carbocycles. The number of aliphatic hydroxyl groups excluding tert-OH is 1. The largest absolute Gasteiger partial charge is 0.384 e. The van der Waals surface area contributed by atoms with Gasteiger partial charge in [-0.05, 0) is 30.9 Å². The Balaban J connectivity index is 2.05. The van der Waals surface area contributed by atoms with Gasteiger partial charge in [-0.2, -0.15) is 0 Å². The number of rotatable bonds is 3. The summed E-state index contributed by atoms with van der Waals surface area (Å²) in [6.07, 6.45) is 2.57. The summed E-state index contributed by atoms with van der Waals surface area (Å²) in [5.41, 5.74) is 1.82. The molecule has 1 unspecified atom stereocenters. The molecule has 1 amide bonds. The average Bonchev–Trinajstić information content (AvgIpc) is 2.54. The van der Waals surface area contributed by atoms with E-state index in [9.17, 15) is 4.79 Å². The monoisotopic (exact) mass is 287 g/mol. The zero-order valence-corrected chi connectivity index (χ0v) is 12.3. The maximum absolute atomic E-state index is 12.4. The summed E-state index contributed by atoms with van der Waals surface area (Å²) in [5.74, 6) is 5.59. The zero-order valence-electron chi connectivity index (χ0n) is 12.3. The van der Waals surface area contributed by atoms with E-state index in [1.165, 1.54) is 0 Å². The number of carbonyl (C=O) groups is 1. The standard InChI is InChI=1S/C17H21NO3/c1-18(17(20)16-10-4-5-12-21-16)13-15-8-3-2-7-14(15)9-6-11-19/h2-3,7-8,16,19H,4-5,10-13H2,1H3. The van der Waals surface area contributed by atoms with E-state index in [4.69, 9.17) is 9.84 Å². The van der Waals surface area contributed by atoms with Crippen molar-refractivity contribution in [3.8, 4) is 11.8 Å². The third-order valence-electron chi connectivity index (χ3n) is 3.56. The van der Waals surface area contributed by atoms with Gasteiger partial charge in [0.15, 0.2) is 0 Å². The van der Waals surface area contributed by atoms with Crippen LogP contribution in [-0.4, -0.2) is 42.3 Å². The summed E-state index contributed by atoms with van der Waals surface area (Å²) < 4.78 is 5.54. The lowest BCUT2D eigenvalue weighted by Crippen LogP contribution is -2.39. The predicted molar refractivity (Wildman–Crippen MR) is 80.5 cm³/mol. The molecule has 1 heterocycles. The average molecular weight is 287 g/mol. The van der Waals surface area contributed by atoms with Crippen molar-refractivity contribution in [2.45, 2.75) is 31.9 Å². The number of carbonyl (C=O) groups excluding carboxylic acids is 1. The molecule has 4 nitrogen and oxygen atoms in total. The highest BCUT2D eigenvalue weighted by molar-refractivity contribution is 5.80. The Morgan fingerprint density at radius 1 is 1.43 bits per heavy atom. The molecule has 0 saturated carbocycles. The van der Waals surface area contributed by atoms with Crippen LogP contribution in [0.2, 0.25) is 0 Å². The normalized spacial score (nSPS) is 17.7. The van der Waals surface area contributed by atoms with Crippen LogP contribution in [0.5, 0.6) is 0 Å². The minimum atomic E-state index is -0.306. The fourth-order valence-corrected chi connectivity index (χ4v) is 2.43. The summed E-state index contributed by atoms with van der Waals surface area (Å²) in [4.78, 5) is 14.0. The van der Waals surface area contributed by atoms with Gasteiger partial charge in [-0.15, -0.1) is 0 Å². The third kappa shape index (κ3) is 4.32. The predicted octanol–water partition coefficient (Wildman–Crippen LogP) is 1.56. The Morgan fingerprint density at radius 3 is 2.95 bits per heavy atom. The van der Waals surface area contributed by atoms with Gasteiger partial charge in [-0.25, -0.2) is 0 Å². The number of hydrogen-bond donors (Lipinski definition) is 1. The van der Waals surface area contributed by atoms with Gasteiger partial charge in [0.25, 0.3) is 5.91 Å². The van der Waals surface area contributed by atoms with Crippen LogP contribution in [0.25, 0.3) is 0 Å². The van der Waals surface area contributed by atoms with Crippen LogP contribution >= 0.6 is 0 Å². The second-order valence-corrected chi connectivity index (χ2v) is 5.17. The fourth-order valence-electron chi connectivity index (χ4n) is 2.43. The molecule has 1 aliphatic heterocycles. The number of amides is 1. The minimum Gasteiger partial charge on any atom is -0.384 e. The molecular formula is C17H21NO3. The van der Waals surface area contributed by atoms with Crippen molar-refractivity contribution in [3.63, 3.8) is 0 Å². The van der Waals surface area contributed by atoms with Gasteiger partial charge < -0.3 is 14.7 Å². The first-order valence-corrected chi connectivity index (χ1v) is 7.26. The van der Waals surface area contributed by atoms with Gasteiger partial charge in [0.2, 0.25) is 0 Å². The first kappa shape index (κ1) is 15.6. The maximum Gasteiger partial charge on any atom is 0.251 e. The molecular weight excluding hydrogens is 266 g/mol. The molecule has 2 rings (SSSR count). The van der Waals surface area contributed by atoms with E-state index in [2.05, 4.69) is 11.8 Å². The van der Waals surface area contributed by atoms with E-state index in [1.807, 2.05) is 24.3 Å². The Bertz CT molecular complexity index is 538. The second kappa shape index (κ2) is 7.82. The number of benzene rings is 1. The van der Waals surface area contributed by atoms with E-state index in [0.717, 1.165) is 30.4 Å². The maximum atomic E-state index is 12.4. The number of hydrogen-bond acceptors (Lipinski definition) is 3. The van der Waals surface area contributed by atoms with Crippen LogP contribution in [0.15, 0.2) is 24.3 Å². The van der Waals surface area contributed by atoms with Crippen molar-refractivity contribution in [3.05, 3.63) is 35.4 Å². The Labute approximate surface area is 125 Å². The molecule has 0 aromatic heterocycles. The molecule has 1 fully saturated rings. The molecule has 1 aromatic rings. The van der Waals surface area contributed by atoms with Crippen molar-refractivity contribution in [1.29, 1.82) is 0 Å². The van der Waals surface area contributed by atoms with E-state index >= 15 is 0 Å². The molecule has 1 aliphatic rings. The number of nitrogens with zero attached hydrogens (tertiary/aromatic N) is 1. The summed E-state index contributed by atoms with van der Waals surface area (Å²) >= 11 is 0. The SMILES string of the molecule is CN(Cc1ccccc1C#CCO)C(=O)C1CCCCO1. The molecule has 1 saturated heterocycles. The summed E-state index contributed by atoms with van der Waals surface area (Å²) in [6, 6.07) is 7.67. The Hall–Kier alpha value is -1.83. The number of aliphatic hydroxyl groups is 1. The van der Waals surface area contributed by atoms with E-state index in [1.54, 1.807) is 11.9 Å². The van der Waals surface area contributed by atoms with Gasteiger partial charge in [-0.3, -0.25) is 4.79 Å². The van der Waals surface area contributed by atoms with Crippen LogP contribution in [-0.2, 0) is 16.1 Å². The Kier molecular flexibility index (Phi) is 5.79. The highest BCUT2D eigenvalue weighted by Gasteiger charge is 2.25. The number of ether oxygens (including phenoxy) is 1. The Morgan fingerprint density at radius 2 is 2.24 bits per heavy atom. The van der Waals surface area contributed by atoms with Crippen molar-refractivity contribution in [1.82, 2.24) is 4.90 Å².